The molecular weight excluding hydrogens is 180 g/mol. The number of carbonyl (C=O) groups excluding carboxylic acids is 1. The van der Waals surface area contributed by atoms with Gasteiger partial charge in [0, 0.05) is 13.8 Å². The zero-order valence-electron chi connectivity index (χ0n) is 8.40. The summed E-state index contributed by atoms with van der Waals surface area (Å²) in [7, 11) is 0. The monoisotopic (exact) mass is 194 g/mol. The summed E-state index contributed by atoms with van der Waals surface area (Å²) in [5.74, 6) is -0.864. The van der Waals surface area contributed by atoms with Crippen LogP contribution in [0.1, 0.15) is 19.4 Å². The fourth-order valence-electron chi connectivity index (χ4n) is 0.981. The van der Waals surface area contributed by atoms with Gasteiger partial charge < -0.3 is 9.47 Å². The molecule has 14 heavy (non-hydrogen) atoms. The third kappa shape index (κ3) is 3.58. The molecule has 0 fully saturated rings. The summed E-state index contributed by atoms with van der Waals surface area (Å²) in [5.41, 5.74) is 1.05. The van der Waals surface area contributed by atoms with Crippen LogP contribution in [0, 0.1) is 0 Å². The molecule has 76 valence electrons. The molecule has 0 N–H and O–H groups in total. The Kier molecular flexibility index (Phi) is 3.65. The topological polar surface area (TPSA) is 35.5 Å². The second-order valence-electron chi connectivity index (χ2n) is 3.39. The van der Waals surface area contributed by atoms with E-state index in [1.54, 1.807) is 13.8 Å². The van der Waals surface area contributed by atoms with E-state index in [-0.39, 0.29) is 0 Å². The molecule has 0 aliphatic rings. The van der Waals surface area contributed by atoms with Gasteiger partial charge in [0.05, 0.1) is 6.61 Å². The van der Waals surface area contributed by atoms with Gasteiger partial charge in [-0.3, -0.25) is 4.79 Å². The molecule has 0 spiro atoms. The molecule has 0 unspecified atom stereocenters. The SMILES string of the molecule is CC(C)(OC=O)OCc1ccccc1. The molecule has 1 aromatic carbocycles. The zero-order chi connectivity index (χ0) is 10.4. The minimum Gasteiger partial charge on any atom is -0.436 e. The van der Waals surface area contributed by atoms with Crippen LogP contribution in [-0.4, -0.2) is 12.3 Å². The van der Waals surface area contributed by atoms with Crippen LogP contribution in [0.2, 0.25) is 0 Å². The van der Waals surface area contributed by atoms with Gasteiger partial charge in [-0.15, -0.1) is 0 Å². The van der Waals surface area contributed by atoms with Crippen molar-refractivity contribution in [3.05, 3.63) is 35.9 Å². The summed E-state index contributed by atoms with van der Waals surface area (Å²) in [6.45, 7) is 4.22. The molecule has 3 heteroatoms. The highest BCUT2D eigenvalue weighted by atomic mass is 16.7. The van der Waals surface area contributed by atoms with Gasteiger partial charge in [0.25, 0.3) is 6.47 Å². The maximum absolute atomic E-state index is 10.1. The van der Waals surface area contributed by atoms with E-state index in [1.807, 2.05) is 30.3 Å². The first-order valence-corrected chi connectivity index (χ1v) is 4.43. The number of rotatable bonds is 5. The Morgan fingerprint density at radius 2 is 1.93 bits per heavy atom. The summed E-state index contributed by atoms with van der Waals surface area (Å²) in [5, 5.41) is 0. The third-order valence-electron chi connectivity index (χ3n) is 1.76. The van der Waals surface area contributed by atoms with Crippen molar-refractivity contribution in [2.75, 3.05) is 0 Å². The van der Waals surface area contributed by atoms with Crippen molar-refractivity contribution in [2.45, 2.75) is 26.2 Å². The number of benzene rings is 1. The molecule has 0 aromatic heterocycles. The van der Waals surface area contributed by atoms with Gasteiger partial charge in [0.1, 0.15) is 0 Å². The van der Waals surface area contributed by atoms with Crippen molar-refractivity contribution in [1.82, 2.24) is 0 Å². The second-order valence-corrected chi connectivity index (χ2v) is 3.39. The molecule has 1 rings (SSSR count). The lowest BCUT2D eigenvalue weighted by atomic mass is 10.2. The number of ether oxygens (including phenoxy) is 2. The molecule has 1 aromatic rings. The van der Waals surface area contributed by atoms with Gasteiger partial charge in [-0.1, -0.05) is 30.3 Å². The van der Waals surface area contributed by atoms with E-state index in [1.165, 1.54) is 0 Å². The first-order chi connectivity index (χ1) is 6.64. The van der Waals surface area contributed by atoms with Gasteiger partial charge in [0.2, 0.25) is 5.79 Å². The van der Waals surface area contributed by atoms with Crippen LogP contribution in [0.4, 0.5) is 0 Å². The maximum Gasteiger partial charge on any atom is 0.295 e. The van der Waals surface area contributed by atoms with Gasteiger partial charge in [-0.25, -0.2) is 0 Å². The van der Waals surface area contributed by atoms with Gasteiger partial charge in [-0.05, 0) is 5.56 Å². The molecule has 0 saturated carbocycles. The predicted molar refractivity (Wildman–Crippen MR) is 52.5 cm³/mol. The second kappa shape index (κ2) is 4.77. The normalized spacial score (nSPS) is 11.0. The summed E-state index contributed by atoms with van der Waals surface area (Å²) in [6.07, 6.45) is 0. The quantitative estimate of drug-likeness (QED) is 0.532. The lowest BCUT2D eigenvalue weighted by molar-refractivity contribution is -0.208. The van der Waals surface area contributed by atoms with E-state index in [0.717, 1.165) is 5.56 Å². The molecule has 0 radical (unpaired) electrons. The van der Waals surface area contributed by atoms with Crippen LogP contribution in [-0.2, 0) is 20.9 Å². The predicted octanol–water partition coefficient (Wildman–Crippen LogP) is 2.11. The van der Waals surface area contributed by atoms with Gasteiger partial charge >= 0.3 is 0 Å². The highest BCUT2D eigenvalue weighted by molar-refractivity contribution is 5.37. The van der Waals surface area contributed by atoms with Crippen LogP contribution in [0.25, 0.3) is 0 Å². The van der Waals surface area contributed by atoms with E-state index in [2.05, 4.69) is 0 Å². The highest BCUT2D eigenvalue weighted by Crippen LogP contribution is 2.13. The van der Waals surface area contributed by atoms with Crippen LogP contribution < -0.4 is 0 Å². The van der Waals surface area contributed by atoms with E-state index in [4.69, 9.17) is 9.47 Å². The smallest absolute Gasteiger partial charge is 0.295 e. The summed E-state index contributed by atoms with van der Waals surface area (Å²) >= 11 is 0. The maximum atomic E-state index is 10.1. The minimum atomic E-state index is -0.864. The average molecular weight is 194 g/mol. The third-order valence-corrected chi connectivity index (χ3v) is 1.76. The lowest BCUT2D eigenvalue weighted by Gasteiger charge is -2.22. The van der Waals surface area contributed by atoms with Crippen LogP contribution in [0.5, 0.6) is 0 Å². The minimum absolute atomic E-state index is 0.394. The summed E-state index contributed by atoms with van der Waals surface area (Å²) in [6, 6.07) is 9.73. The summed E-state index contributed by atoms with van der Waals surface area (Å²) in [4.78, 5) is 10.1. The standard InChI is InChI=1S/C11H14O3/c1-11(2,14-9-12)13-8-10-6-4-3-5-7-10/h3-7,9H,8H2,1-2H3. The van der Waals surface area contributed by atoms with Crippen LogP contribution in [0.3, 0.4) is 0 Å². The van der Waals surface area contributed by atoms with Crippen molar-refractivity contribution in [1.29, 1.82) is 0 Å². The first kappa shape index (κ1) is 10.7. The van der Waals surface area contributed by atoms with E-state index >= 15 is 0 Å². The Balaban J connectivity index is 2.44. The Morgan fingerprint density at radius 1 is 1.29 bits per heavy atom. The molecular formula is C11H14O3. The van der Waals surface area contributed by atoms with Crippen LogP contribution in [0.15, 0.2) is 30.3 Å². The largest absolute Gasteiger partial charge is 0.436 e. The number of carbonyl (C=O) groups is 1. The molecule has 0 amide bonds. The van der Waals surface area contributed by atoms with Crippen molar-refractivity contribution < 1.29 is 14.3 Å². The molecule has 0 heterocycles. The fraction of sp³-hybridized carbons (Fsp3) is 0.364. The van der Waals surface area contributed by atoms with E-state index in [9.17, 15) is 4.79 Å². The van der Waals surface area contributed by atoms with Crippen molar-refractivity contribution in [3.63, 3.8) is 0 Å². The van der Waals surface area contributed by atoms with Gasteiger partial charge in [-0.2, -0.15) is 0 Å². The van der Waals surface area contributed by atoms with Crippen molar-refractivity contribution >= 4 is 6.47 Å². The highest BCUT2D eigenvalue weighted by Gasteiger charge is 2.18. The zero-order valence-corrected chi connectivity index (χ0v) is 8.40. The van der Waals surface area contributed by atoms with E-state index in [0.29, 0.717) is 13.1 Å². The number of hydrogen-bond acceptors (Lipinski definition) is 3. The number of hydrogen-bond donors (Lipinski definition) is 0. The Hall–Kier alpha value is -1.35. The Morgan fingerprint density at radius 3 is 2.50 bits per heavy atom. The van der Waals surface area contributed by atoms with Crippen molar-refractivity contribution in [2.24, 2.45) is 0 Å². The molecule has 0 aliphatic carbocycles. The Labute approximate surface area is 83.6 Å². The average Bonchev–Trinajstić information content (AvgIpc) is 2.17. The molecule has 0 bridgehead atoms. The molecule has 0 saturated heterocycles. The van der Waals surface area contributed by atoms with E-state index < -0.39 is 5.79 Å². The molecule has 0 aliphatic heterocycles. The van der Waals surface area contributed by atoms with Gasteiger partial charge in [0.15, 0.2) is 0 Å². The Bertz CT molecular complexity index is 280. The van der Waals surface area contributed by atoms with Crippen molar-refractivity contribution in [3.8, 4) is 0 Å². The fourth-order valence-corrected chi connectivity index (χ4v) is 0.981. The lowest BCUT2D eigenvalue weighted by Crippen LogP contribution is -2.27. The van der Waals surface area contributed by atoms with Crippen LogP contribution >= 0.6 is 0 Å². The first-order valence-electron chi connectivity index (χ1n) is 4.43. The molecule has 0 atom stereocenters. The molecule has 3 nitrogen and oxygen atoms in total. The summed E-state index contributed by atoms with van der Waals surface area (Å²) < 4.78 is 10.2.